The van der Waals surface area contributed by atoms with E-state index in [1.807, 2.05) is 6.92 Å². The summed E-state index contributed by atoms with van der Waals surface area (Å²) < 4.78 is 30.6. The summed E-state index contributed by atoms with van der Waals surface area (Å²) in [5.41, 5.74) is 7.14. The Morgan fingerprint density at radius 1 is 1.20 bits per heavy atom. The molecule has 2 N–H and O–H groups in total. The molecule has 5 heteroatoms. The zero-order valence-corrected chi connectivity index (χ0v) is 12.0. The number of anilines is 1. The molecule has 2 aromatic carbocycles. The van der Waals surface area contributed by atoms with Gasteiger partial charge in [-0.3, -0.25) is 4.21 Å². The number of hydrogen-bond acceptors (Lipinski definition) is 3. The first kappa shape index (κ1) is 14.5. The second-order valence-corrected chi connectivity index (χ2v) is 5.70. The van der Waals surface area contributed by atoms with Gasteiger partial charge >= 0.3 is 0 Å². The lowest BCUT2D eigenvalue weighted by molar-refractivity contribution is 0.337. The second-order valence-electron chi connectivity index (χ2n) is 4.24. The lowest BCUT2D eigenvalue weighted by atomic mass is 10.2. The third-order valence-electron chi connectivity index (χ3n) is 2.75. The molecule has 0 amide bonds. The highest BCUT2D eigenvalue weighted by atomic mass is 32.2. The number of halogens is 1. The van der Waals surface area contributed by atoms with E-state index in [2.05, 4.69) is 0 Å². The first-order valence-corrected chi connectivity index (χ1v) is 7.57. The van der Waals surface area contributed by atoms with E-state index in [4.69, 9.17) is 10.5 Å². The number of hydrogen-bond donors (Lipinski definition) is 1. The van der Waals surface area contributed by atoms with Gasteiger partial charge in [-0.25, -0.2) is 4.39 Å². The zero-order chi connectivity index (χ0) is 14.5. The van der Waals surface area contributed by atoms with Gasteiger partial charge in [0.05, 0.1) is 23.2 Å². The van der Waals surface area contributed by atoms with Crippen LogP contribution in [0.2, 0.25) is 0 Å². The van der Waals surface area contributed by atoms with E-state index in [1.165, 1.54) is 24.3 Å². The molecule has 1 unspecified atom stereocenters. The molecule has 0 spiro atoms. The Labute approximate surface area is 120 Å². The molecule has 0 radical (unpaired) electrons. The lowest BCUT2D eigenvalue weighted by Crippen LogP contribution is -2.02. The van der Waals surface area contributed by atoms with Gasteiger partial charge in [0.1, 0.15) is 11.6 Å². The van der Waals surface area contributed by atoms with Crippen LogP contribution in [0.5, 0.6) is 5.75 Å². The molecular weight excluding hydrogens is 277 g/mol. The first-order valence-electron chi connectivity index (χ1n) is 6.25. The van der Waals surface area contributed by atoms with E-state index in [-0.39, 0.29) is 11.6 Å². The van der Waals surface area contributed by atoms with Gasteiger partial charge in [-0.1, -0.05) is 0 Å². The van der Waals surface area contributed by atoms with Gasteiger partial charge in [0, 0.05) is 16.1 Å². The van der Waals surface area contributed by atoms with Crippen LogP contribution in [0.1, 0.15) is 12.5 Å². The summed E-state index contributed by atoms with van der Waals surface area (Å²) in [4.78, 5) is 0.580. The van der Waals surface area contributed by atoms with Crippen LogP contribution in [0.25, 0.3) is 0 Å². The third-order valence-corrected chi connectivity index (χ3v) is 4.12. The van der Waals surface area contributed by atoms with Crippen molar-refractivity contribution in [2.45, 2.75) is 17.6 Å². The minimum Gasteiger partial charge on any atom is -0.494 e. The molecule has 0 aliphatic rings. The van der Waals surface area contributed by atoms with Crippen molar-refractivity contribution in [2.24, 2.45) is 0 Å². The van der Waals surface area contributed by atoms with Crippen LogP contribution < -0.4 is 10.5 Å². The van der Waals surface area contributed by atoms with Gasteiger partial charge in [0.15, 0.2) is 0 Å². The quantitative estimate of drug-likeness (QED) is 0.862. The number of benzene rings is 2. The van der Waals surface area contributed by atoms with E-state index in [0.717, 1.165) is 5.56 Å². The summed E-state index contributed by atoms with van der Waals surface area (Å²) in [6.07, 6.45) is 0. The van der Waals surface area contributed by atoms with Gasteiger partial charge in [0.2, 0.25) is 0 Å². The van der Waals surface area contributed by atoms with Crippen molar-refractivity contribution < 1.29 is 13.3 Å². The summed E-state index contributed by atoms with van der Waals surface area (Å²) in [7, 11) is -1.27. The molecule has 0 bridgehead atoms. The minimum absolute atomic E-state index is 0.284. The topological polar surface area (TPSA) is 52.3 Å². The highest BCUT2D eigenvalue weighted by Crippen LogP contribution is 2.24. The highest BCUT2D eigenvalue weighted by Gasteiger charge is 2.10. The van der Waals surface area contributed by atoms with E-state index in [9.17, 15) is 8.60 Å². The fourth-order valence-electron chi connectivity index (χ4n) is 1.82. The number of nitrogens with two attached hydrogens (primary N) is 1. The fraction of sp³-hybridized carbons (Fsp3) is 0.200. The molecule has 2 rings (SSSR count). The van der Waals surface area contributed by atoms with E-state index in [1.54, 1.807) is 18.2 Å². The zero-order valence-electron chi connectivity index (χ0n) is 11.1. The van der Waals surface area contributed by atoms with Crippen molar-refractivity contribution in [3.05, 3.63) is 53.8 Å². The van der Waals surface area contributed by atoms with Gasteiger partial charge in [-0.2, -0.15) is 0 Å². The average molecular weight is 293 g/mol. The van der Waals surface area contributed by atoms with Crippen molar-refractivity contribution in [3.63, 3.8) is 0 Å². The monoisotopic (exact) mass is 293 g/mol. The number of nitrogen functional groups attached to an aromatic ring is 1. The molecule has 0 aromatic heterocycles. The molecule has 0 aliphatic heterocycles. The Morgan fingerprint density at radius 3 is 2.55 bits per heavy atom. The molecule has 3 nitrogen and oxygen atoms in total. The van der Waals surface area contributed by atoms with Gasteiger partial charge in [-0.05, 0) is 49.4 Å². The van der Waals surface area contributed by atoms with Crippen LogP contribution in [0.4, 0.5) is 10.1 Å². The maximum absolute atomic E-state index is 12.9. The predicted molar refractivity (Wildman–Crippen MR) is 78.5 cm³/mol. The molecule has 0 fully saturated rings. The Kier molecular flexibility index (Phi) is 4.74. The van der Waals surface area contributed by atoms with Crippen molar-refractivity contribution in [2.75, 3.05) is 12.3 Å². The molecule has 0 aliphatic carbocycles. The maximum Gasteiger partial charge on any atom is 0.123 e. The first-order chi connectivity index (χ1) is 9.60. The normalized spacial score (nSPS) is 12.1. The van der Waals surface area contributed by atoms with Crippen molar-refractivity contribution in [1.29, 1.82) is 0 Å². The standard InChI is InChI=1S/C15H16FNO2S/c1-2-19-15-8-5-13(17)9-11(15)10-20(18)14-6-3-12(16)4-7-14/h3-9H,2,10,17H2,1H3. The number of ether oxygens (including phenoxy) is 1. The van der Waals surface area contributed by atoms with E-state index >= 15 is 0 Å². The molecule has 1 atom stereocenters. The summed E-state index contributed by atoms with van der Waals surface area (Å²) in [5, 5.41) is 0. The predicted octanol–water partition coefficient (Wildman–Crippen LogP) is 3.11. The van der Waals surface area contributed by atoms with Crippen LogP contribution in [0, 0.1) is 5.82 Å². The molecule has 20 heavy (non-hydrogen) atoms. The summed E-state index contributed by atoms with van der Waals surface area (Å²) in [6, 6.07) is 10.9. The van der Waals surface area contributed by atoms with Crippen LogP contribution in [-0.2, 0) is 16.6 Å². The lowest BCUT2D eigenvalue weighted by Gasteiger charge is -2.11. The highest BCUT2D eigenvalue weighted by molar-refractivity contribution is 7.84. The number of rotatable bonds is 5. The van der Waals surface area contributed by atoms with E-state index < -0.39 is 10.8 Å². The van der Waals surface area contributed by atoms with Crippen LogP contribution in [0.3, 0.4) is 0 Å². The Bertz CT molecular complexity index is 614. The van der Waals surface area contributed by atoms with Crippen LogP contribution >= 0.6 is 0 Å². The van der Waals surface area contributed by atoms with E-state index in [0.29, 0.717) is 22.9 Å². The van der Waals surface area contributed by atoms with Crippen molar-refractivity contribution in [3.8, 4) is 5.75 Å². The Balaban J connectivity index is 2.22. The largest absolute Gasteiger partial charge is 0.494 e. The van der Waals surface area contributed by atoms with Crippen LogP contribution in [-0.4, -0.2) is 10.8 Å². The van der Waals surface area contributed by atoms with Crippen LogP contribution in [0.15, 0.2) is 47.4 Å². The molecule has 0 heterocycles. The van der Waals surface area contributed by atoms with Crippen molar-refractivity contribution >= 4 is 16.5 Å². The maximum atomic E-state index is 12.9. The summed E-state index contributed by atoms with van der Waals surface area (Å²) >= 11 is 0. The second kappa shape index (κ2) is 6.52. The molecule has 2 aromatic rings. The molecule has 106 valence electrons. The van der Waals surface area contributed by atoms with Gasteiger partial charge in [-0.15, -0.1) is 0 Å². The fourth-order valence-corrected chi connectivity index (χ4v) is 2.93. The van der Waals surface area contributed by atoms with Crippen molar-refractivity contribution in [1.82, 2.24) is 0 Å². The SMILES string of the molecule is CCOc1ccc(N)cc1CS(=O)c1ccc(F)cc1. The summed E-state index contributed by atoms with van der Waals surface area (Å²) in [6.45, 7) is 2.41. The summed E-state index contributed by atoms with van der Waals surface area (Å²) in [5.74, 6) is 0.619. The third kappa shape index (κ3) is 3.57. The smallest absolute Gasteiger partial charge is 0.123 e. The Hall–Kier alpha value is -1.88. The van der Waals surface area contributed by atoms with Gasteiger partial charge < -0.3 is 10.5 Å². The molecule has 0 saturated carbocycles. The Morgan fingerprint density at radius 2 is 1.90 bits per heavy atom. The minimum atomic E-state index is -1.27. The molecule has 0 saturated heterocycles. The van der Waals surface area contributed by atoms with Gasteiger partial charge in [0.25, 0.3) is 0 Å². The average Bonchev–Trinajstić information content (AvgIpc) is 2.42. The molecular formula is C15H16FNO2S.